The largest absolute Gasteiger partial charge is 0.382 e. The van der Waals surface area contributed by atoms with Gasteiger partial charge in [0.2, 0.25) is 10.0 Å². The molecular weight excluding hydrogens is 342 g/mol. The van der Waals surface area contributed by atoms with Crippen molar-refractivity contribution in [2.24, 2.45) is 0 Å². The summed E-state index contributed by atoms with van der Waals surface area (Å²) < 4.78 is 32.1. The highest BCUT2D eigenvalue weighted by Crippen LogP contribution is 2.16. The van der Waals surface area contributed by atoms with Crippen LogP contribution in [0, 0.1) is 0 Å². The van der Waals surface area contributed by atoms with Gasteiger partial charge in [-0.2, -0.15) is 0 Å². The second-order valence-corrected chi connectivity index (χ2v) is 7.72. The van der Waals surface area contributed by atoms with E-state index in [0.29, 0.717) is 31.9 Å². The predicted molar refractivity (Wildman–Crippen MR) is 97.2 cm³/mol. The molecule has 0 unspecified atom stereocenters. The first-order valence-corrected chi connectivity index (χ1v) is 10.2. The first kappa shape index (κ1) is 19.7. The summed E-state index contributed by atoms with van der Waals surface area (Å²) in [7, 11) is -3.54. The van der Waals surface area contributed by atoms with Crippen LogP contribution in [-0.2, 0) is 14.8 Å². The molecule has 0 saturated carbocycles. The van der Waals surface area contributed by atoms with Gasteiger partial charge in [0.05, 0.1) is 4.90 Å². The number of nitrogens with zero attached hydrogens (tertiary/aromatic N) is 1. The zero-order chi connectivity index (χ0) is 18.1. The van der Waals surface area contributed by atoms with E-state index in [1.807, 2.05) is 6.92 Å². The van der Waals surface area contributed by atoms with E-state index in [-0.39, 0.29) is 10.9 Å². The van der Waals surface area contributed by atoms with Gasteiger partial charge in [0.25, 0.3) is 0 Å². The first-order chi connectivity index (χ1) is 12.0. The Kier molecular flexibility index (Phi) is 7.67. The number of carbonyl (C=O) groups excluding carboxylic acids is 1. The molecule has 2 rings (SSSR count). The van der Waals surface area contributed by atoms with E-state index in [0.717, 1.165) is 32.4 Å². The smallest absolute Gasteiger partial charge is 0.321 e. The number of piperidine rings is 1. The van der Waals surface area contributed by atoms with Crippen molar-refractivity contribution in [3.63, 3.8) is 0 Å². The molecule has 2 N–H and O–H groups in total. The lowest BCUT2D eigenvalue weighted by molar-refractivity contribution is 0.146. The fourth-order valence-corrected chi connectivity index (χ4v) is 3.70. The van der Waals surface area contributed by atoms with Crippen molar-refractivity contribution in [1.29, 1.82) is 0 Å². The molecule has 0 radical (unpaired) electrons. The third-order valence-electron chi connectivity index (χ3n) is 4.02. The third kappa shape index (κ3) is 6.30. The molecule has 1 aliphatic heterocycles. The number of ether oxygens (including phenoxy) is 1. The monoisotopic (exact) mass is 369 g/mol. The van der Waals surface area contributed by atoms with Crippen LogP contribution in [0.3, 0.4) is 0 Å². The van der Waals surface area contributed by atoms with E-state index in [4.69, 9.17) is 4.74 Å². The lowest BCUT2D eigenvalue weighted by atomic mass is 10.1. The number of rotatable bonds is 8. The molecule has 1 fully saturated rings. The van der Waals surface area contributed by atoms with E-state index in [1.54, 1.807) is 17.0 Å². The van der Waals surface area contributed by atoms with Crippen molar-refractivity contribution in [3.05, 3.63) is 24.3 Å². The van der Waals surface area contributed by atoms with Crippen LogP contribution < -0.4 is 10.0 Å². The number of hydrogen-bond donors (Lipinski definition) is 2. The average Bonchev–Trinajstić information content (AvgIpc) is 2.62. The highest BCUT2D eigenvalue weighted by molar-refractivity contribution is 7.89. The molecule has 140 valence electrons. The minimum absolute atomic E-state index is 0.135. The van der Waals surface area contributed by atoms with Gasteiger partial charge in [0.1, 0.15) is 0 Å². The zero-order valence-corrected chi connectivity index (χ0v) is 15.5. The van der Waals surface area contributed by atoms with Gasteiger partial charge in [-0.1, -0.05) is 0 Å². The summed E-state index contributed by atoms with van der Waals surface area (Å²) in [5, 5.41) is 2.81. The highest BCUT2D eigenvalue weighted by Gasteiger charge is 2.17. The molecule has 0 spiro atoms. The molecule has 1 saturated heterocycles. The van der Waals surface area contributed by atoms with E-state index in [1.165, 1.54) is 12.1 Å². The summed E-state index contributed by atoms with van der Waals surface area (Å²) in [5.41, 5.74) is 0.589. The topological polar surface area (TPSA) is 87.7 Å². The molecular formula is C17H27N3O4S. The molecule has 0 aliphatic carbocycles. The molecule has 2 amide bonds. The third-order valence-corrected chi connectivity index (χ3v) is 5.50. The van der Waals surface area contributed by atoms with Gasteiger partial charge in [-0.05, 0) is 56.9 Å². The fourth-order valence-electron chi connectivity index (χ4n) is 2.63. The first-order valence-electron chi connectivity index (χ1n) is 8.76. The number of carbonyl (C=O) groups is 1. The number of sulfonamides is 1. The second kappa shape index (κ2) is 9.74. The van der Waals surface area contributed by atoms with Crippen LogP contribution in [0.1, 0.15) is 32.6 Å². The van der Waals surface area contributed by atoms with E-state index in [9.17, 15) is 13.2 Å². The number of benzene rings is 1. The number of anilines is 1. The summed E-state index contributed by atoms with van der Waals surface area (Å²) in [6.07, 6.45) is 3.84. The number of nitrogens with one attached hydrogen (secondary N) is 2. The average molecular weight is 369 g/mol. The molecule has 8 heteroatoms. The minimum Gasteiger partial charge on any atom is -0.382 e. The Morgan fingerprint density at radius 2 is 1.84 bits per heavy atom. The van der Waals surface area contributed by atoms with Gasteiger partial charge >= 0.3 is 6.03 Å². The van der Waals surface area contributed by atoms with Crippen molar-refractivity contribution in [2.45, 2.75) is 37.5 Å². The normalized spacial score (nSPS) is 15.2. The van der Waals surface area contributed by atoms with Crippen molar-refractivity contribution in [1.82, 2.24) is 9.62 Å². The highest BCUT2D eigenvalue weighted by atomic mass is 32.2. The molecule has 1 aromatic carbocycles. The SMILES string of the molecule is CCOCCCNS(=O)(=O)c1ccc(NC(=O)N2CCCCC2)cc1. The molecule has 25 heavy (non-hydrogen) atoms. The van der Waals surface area contributed by atoms with Crippen LogP contribution in [0.15, 0.2) is 29.2 Å². The lowest BCUT2D eigenvalue weighted by Crippen LogP contribution is -2.38. The van der Waals surface area contributed by atoms with Crippen LogP contribution in [0.4, 0.5) is 10.5 Å². The summed E-state index contributed by atoms with van der Waals surface area (Å²) in [4.78, 5) is 14.1. The molecule has 1 aromatic rings. The Morgan fingerprint density at radius 3 is 2.48 bits per heavy atom. The van der Waals surface area contributed by atoms with Crippen molar-refractivity contribution >= 4 is 21.7 Å². The standard InChI is InChI=1S/C17H27N3O4S/c1-2-24-14-6-11-18-25(22,23)16-9-7-15(8-10-16)19-17(21)20-12-4-3-5-13-20/h7-10,18H,2-6,11-14H2,1H3,(H,19,21). The molecule has 1 heterocycles. The van der Waals surface area contributed by atoms with Gasteiger partial charge < -0.3 is 15.0 Å². The Morgan fingerprint density at radius 1 is 1.16 bits per heavy atom. The second-order valence-electron chi connectivity index (χ2n) is 5.95. The molecule has 1 aliphatic rings. The minimum atomic E-state index is -3.54. The van der Waals surface area contributed by atoms with Gasteiger partial charge in [0, 0.05) is 38.5 Å². The maximum absolute atomic E-state index is 12.2. The van der Waals surface area contributed by atoms with Crippen LogP contribution in [-0.4, -0.2) is 52.2 Å². The van der Waals surface area contributed by atoms with Crippen LogP contribution in [0.2, 0.25) is 0 Å². The van der Waals surface area contributed by atoms with Gasteiger partial charge in [0.15, 0.2) is 0 Å². The predicted octanol–water partition coefficient (Wildman–Crippen LogP) is 2.41. The van der Waals surface area contributed by atoms with Crippen molar-refractivity contribution in [2.75, 3.05) is 38.2 Å². The number of urea groups is 1. The zero-order valence-electron chi connectivity index (χ0n) is 14.7. The van der Waals surface area contributed by atoms with Gasteiger partial charge in [-0.3, -0.25) is 0 Å². The van der Waals surface area contributed by atoms with Crippen molar-refractivity contribution < 1.29 is 17.9 Å². The molecule has 0 atom stereocenters. The molecule has 7 nitrogen and oxygen atoms in total. The van der Waals surface area contributed by atoms with Crippen LogP contribution >= 0.6 is 0 Å². The number of amides is 2. The Hall–Kier alpha value is -1.64. The van der Waals surface area contributed by atoms with Crippen LogP contribution in [0.25, 0.3) is 0 Å². The lowest BCUT2D eigenvalue weighted by Gasteiger charge is -2.26. The van der Waals surface area contributed by atoms with Gasteiger partial charge in [-0.25, -0.2) is 17.9 Å². The quantitative estimate of drug-likeness (QED) is 0.689. The number of likely N-dealkylation sites (tertiary alicyclic amines) is 1. The van der Waals surface area contributed by atoms with E-state index < -0.39 is 10.0 Å². The molecule has 0 aromatic heterocycles. The summed E-state index contributed by atoms with van der Waals surface area (Å²) in [6, 6.07) is 6.07. The Bertz CT molecular complexity index is 640. The van der Waals surface area contributed by atoms with Gasteiger partial charge in [-0.15, -0.1) is 0 Å². The summed E-state index contributed by atoms with van der Waals surface area (Å²) in [6.45, 7) is 4.91. The summed E-state index contributed by atoms with van der Waals surface area (Å²) in [5.74, 6) is 0. The van der Waals surface area contributed by atoms with Crippen LogP contribution in [0.5, 0.6) is 0 Å². The molecule has 0 bridgehead atoms. The van der Waals surface area contributed by atoms with E-state index >= 15 is 0 Å². The fraction of sp³-hybridized carbons (Fsp3) is 0.588. The Labute approximate surface area is 149 Å². The summed E-state index contributed by atoms with van der Waals surface area (Å²) >= 11 is 0. The van der Waals surface area contributed by atoms with E-state index in [2.05, 4.69) is 10.0 Å². The number of hydrogen-bond acceptors (Lipinski definition) is 4. The maximum Gasteiger partial charge on any atom is 0.321 e. The Balaban J connectivity index is 1.86. The maximum atomic E-state index is 12.2. The van der Waals surface area contributed by atoms with Crippen molar-refractivity contribution in [3.8, 4) is 0 Å².